The Hall–Kier alpha value is -1.13. The summed E-state index contributed by atoms with van der Waals surface area (Å²) in [5, 5.41) is 3.61. The Bertz CT molecular complexity index is 487. The van der Waals surface area contributed by atoms with Gasteiger partial charge >= 0.3 is 0 Å². The normalized spacial score (nSPS) is 26.1. The second-order valence-electron chi connectivity index (χ2n) is 6.60. The summed E-state index contributed by atoms with van der Waals surface area (Å²) in [6.07, 6.45) is 6.20. The quantitative estimate of drug-likeness (QED) is 0.904. The van der Waals surface area contributed by atoms with Crippen molar-refractivity contribution in [1.29, 1.82) is 0 Å². The maximum Gasteiger partial charge on any atom is 0.0772 e. The molecule has 1 aliphatic heterocycles. The molecular formula is C17H27N3O. The van der Waals surface area contributed by atoms with E-state index in [1.54, 1.807) is 0 Å². The van der Waals surface area contributed by atoms with Crippen molar-refractivity contribution in [2.75, 3.05) is 25.1 Å². The third-order valence-electron chi connectivity index (χ3n) is 4.79. The van der Waals surface area contributed by atoms with Gasteiger partial charge in [-0.15, -0.1) is 0 Å². The molecule has 2 unspecified atom stereocenters. The van der Waals surface area contributed by atoms with Crippen LogP contribution in [0.15, 0.2) is 12.3 Å². The molecule has 0 radical (unpaired) electrons. The number of aromatic nitrogens is 1. The van der Waals surface area contributed by atoms with Crippen LogP contribution in [0.1, 0.15) is 37.4 Å². The van der Waals surface area contributed by atoms with Gasteiger partial charge in [0.15, 0.2) is 0 Å². The molecule has 1 aromatic heterocycles. The molecule has 1 aromatic rings. The average Bonchev–Trinajstić information content (AvgIpc) is 3.31. The monoisotopic (exact) mass is 289 g/mol. The third kappa shape index (κ3) is 3.55. The number of anilines is 1. The molecule has 2 aliphatic rings. The number of piperidine rings is 1. The highest BCUT2D eigenvalue weighted by Gasteiger charge is 2.28. The Labute approximate surface area is 127 Å². The van der Waals surface area contributed by atoms with Crippen LogP contribution < -0.4 is 10.2 Å². The van der Waals surface area contributed by atoms with E-state index in [1.807, 2.05) is 13.3 Å². The van der Waals surface area contributed by atoms with Gasteiger partial charge in [-0.3, -0.25) is 4.98 Å². The van der Waals surface area contributed by atoms with Crippen LogP contribution in [0.5, 0.6) is 0 Å². The zero-order chi connectivity index (χ0) is 14.8. The molecule has 21 heavy (non-hydrogen) atoms. The summed E-state index contributed by atoms with van der Waals surface area (Å²) in [6, 6.07) is 2.96. The Balaban J connectivity index is 1.76. The minimum Gasteiger partial charge on any atom is -0.379 e. The smallest absolute Gasteiger partial charge is 0.0772 e. The number of hydrogen-bond acceptors (Lipinski definition) is 4. The number of pyridine rings is 1. The van der Waals surface area contributed by atoms with E-state index in [-0.39, 0.29) is 0 Å². The summed E-state index contributed by atoms with van der Waals surface area (Å²) in [5.74, 6) is 0.641. The molecule has 3 rings (SSSR count). The predicted molar refractivity (Wildman–Crippen MR) is 85.6 cm³/mol. The van der Waals surface area contributed by atoms with E-state index in [0.717, 1.165) is 31.4 Å². The van der Waals surface area contributed by atoms with Crippen LogP contribution in [-0.2, 0) is 11.3 Å². The fraction of sp³-hybridized carbons (Fsp3) is 0.706. The van der Waals surface area contributed by atoms with Gasteiger partial charge in [-0.2, -0.15) is 0 Å². The minimum absolute atomic E-state index is 0.330. The van der Waals surface area contributed by atoms with Crippen molar-refractivity contribution < 1.29 is 4.74 Å². The maximum absolute atomic E-state index is 5.66. The van der Waals surface area contributed by atoms with E-state index < -0.39 is 0 Å². The first-order valence-corrected chi connectivity index (χ1v) is 8.14. The van der Waals surface area contributed by atoms with Gasteiger partial charge in [-0.25, -0.2) is 0 Å². The van der Waals surface area contributed by atoms with Crippen LogP contribution >= 0.6 is 0 Å². The van der Waals surface area contributed by atoms with E-state index in [9.17, 15) is 0 Å². The molecule has 116 valence electrons. The molecule has 2 heterocycles. The molecule has 1 saturated carbocycles. The van der Waals surface area contributed by atoms with Crippen LogP contribution in [-0.4, -0.2) is 37.3 Å². The Morgan fingerprint density at radius 3 is 2.90 bits per heavy atom. The molecule has 1 N–H and O–H groups in total. The van der Waals surface area contributed by atoms with Crippen LogP contribution in [0.3, 0.4) is 0 Å². The highest BCUT2D eigenvalue weighted by Crippen LogP contribution is 2.28. The number of nitrogens with one attached hydrogen (secondary N) is 1. The molecule has 0 spiro atoms. The Morgan fingerprint density at radius 1 is 1.38 bits per heavy atom. The molecular weight excluding hydrogens is 262 g/mol. The minimum atomic E-state index is 0.330. The SMILES string of the molecule is COC1CN(c2cc(C)ncc2CNC2CC2)CCC1C. The first-order valence-electron chi connectivity index (χ1n) is 8.14. The fourth-order valence-corrected chi connectivity index (χ4v) is 3.11. The van der Waals surface area contributed by atoms with E-state index in [0.29, 0.717) is 12.0 Å². The van der Waals surface area contributed by atoms with Gasteiger partial charge in [0.25, 0.3) is 0 Å². The molecule has 4 heteroatoms. The van der Waals surface area contributed by atoms with Crippen molar-refractivity contribution in [3.05, 3.63) is 23.5 Å². The standard InChI is InChI=1S/C17H27N3O/c1-12-6-7-20(11-17(12)21-3)16-8-13(2)18-9-14(16)10-19-15-4-5-15/h8-9,12,15,17,19H,4-7,10-11H2,1-3H3. The van der Waals surface area contributed by atoms with Gasteiger partial charge in [-0.1, -0.05) is 6.92 Å². The summed E-state index contributed by atoms with van der Waals surface area (Å²) in [7, 11) is 1.83. The second kappa shape index (κ2) is 6.32. The first kappa shape index (κ1) is 14.8. The van der Waals surface area contributed by atoms with Crippen LogP contribution in [0.4, 0.5) is 5.69 Å². The number of nitrogens with zero attached hydrogens (tertiary/aromatic N) is 2. The molecule has 4 nitrogen and oxygen atoms in total. The Kier molecular flexibility index (Phi) is 4.45. The van der Waals surface area contributed by atoms with Gasteiger partial charge < -0.3 is 15.0 Å². The molecule has 0 amide bonds. The molecule has 1 saturated heterocycles. The van der Waals surface area contributed by atoms with Crippen LogP contribution in [0.25, 0.3) is 0 Å². The van der Waals surface area contributed by atoms with Crippen LogP contribution in [0.2, 0.25) is 0 Å². The van der Waals surface area contributed by atoms with E-state index in [1.165, 1.54) is 30.5 Å². The lowest BCUT2D eigenvalue weighted by atomic mass is 9.95. The summed E-state index contributed by atoms with van der Waals surface area (Å²) < 4.78 is 5.66. The predicted octanol–water partition coefficient (Wildman–Crippen LogP) is 2.50. The van der Waals surface area contributed by atoms with Crippen molar-refractivity contribution in [2.45, 2.75) is 51.8 Å². The lowest BCUT2D eigenvalue weighted by Gasteiger charge is -2.38. The summed E-state index contributed by atoms with van der Waals surface area (Å²) >= 11 is 0. The topological polar surface area (TPSA) is 37.4 Å². The zero-order valence-corrected chi connectivity index (χ0v) is 13.4. The summed E-state index contributed by atoms with van der Waals surface area (Å²) in [5.41, 5.74) is 3.74. The van der Waals surface area contributed by atoms with E-state index in [4.69, 9.17) is 4.74 Å². The molecule has 0 bridgehead atoms. The third-order valence-corrected chi connectivity index (χ3v) is 4.79. The first-order chi connectivity index (χ1) is 10.2. The Morgan fingerprint density at radius 2 is 2.19 bits per heavy atom. The lowest BCUT2D eigenvalue weighted by Crippen LogP contribution is -2.44. The molecule has 1 aliphatic carbocycles. The van der Waals surface area contributed by atoms with Gasteiger partial charge in [0.2, 0.25) is 0 Å². The summed E-state index contributed by atoms with van der Waals surface area (Å²) in [6.45, 7) is 7.39. The number of ether oxygens (including phenoxy) is 1. The second-order valence-corrected chi connectivity index (χ2v) is 6.60. The largest absolute Gasteiger partial charge is 0.379 e. The van der Waals surface area contributed by atoms with Gasteiger partial charge in [0.1, 0.15) is 0 Å². The highest BCUT2D eigenvalue weighted by molar-refractivity contribution is 5.54. The lowest BCUT2D eigenvalue weighted by molar-refractivity contribution is 0.0498. The van der Waals surface area contributed by atoms with Crippen molar-refractivity contribution in [3.8, 4) is 0 Å². The number of methoxy groups -OCH3 is 1. The number of hydrogen-bond donors (Lipinski definition) is 1. The summed E-state index contributed by atoms with van der Waals surface area (Å²) in [4.78, 5) is 6.97. The molecule has 2 atom stereocenters. The van der Waals surface area contributed by atoms with Crippen molar-refractivity contribution in [2.24, 2.45) is 5.92 Å². The fourth-order valence-electron chi connectivity index (χ4n) is 3.11. The van der Waals surface area contributed by atoms with Crippen LogP contribution in [0, 0.1) is 12.8 Å². The van der Waals surface area contributed by atoms with Gasteiger partial charge in [0.05, 0.1) is 6.10 Å². The number of aryl methyl sites for hydroxylation is 1. The van der Waals surface area contributed by atoms with E-state index in [2.05, 4.69) is 35.1 Å². The average molecular weight is 289 g/mol. The number of rotatable bonds is 5. The van der Waals surface area contributed by atoms with Crippen molar-refractivity contribution >= 4 is 5.69 Å². The van der Waals surface area contributed by atoms with Crippen molar-refractivity contribution in [3.63, 3.8) is 0 Å². The molecule has 2 fully saturated rings. The molecule has 0 aromatic carbocycles. The zero-order valence-electron chi connectivity index (χ0n) is 13.4. The van der Waals surface area contributed by atoms with Crippen molar-refractivity contribution in [1.82, 2.24) is 10.3 Å². The van der Waals surface area contributed by atoms with Gasteiger partial charge in [-0.05, 0) is 38.2 Å². The highest BCUT2D eigenvalue weighted by atomic mass is 16.5. The van der Waals surface area contributed by atoms with E-state index >= 15 is 0 Å². The maximum atomic E-state index is 5.66. The van der Waals surface area contributed by atoms with Gasteiger partial charge in [0, 0.05) is 55.9 Å².